The largest absolute Gasteiger partial charge is 0.297 e. The van der Waals surface area contributed by atoms with Crippen molar-refractivity contribution < 1.29 is 14.4 Å². The predicted octanol–water partition coefficient (Wildman–Crippen LogP) is 4.77. The van der Waals surface area contributed by atoms with Crippen LogP contribution in [0.4, 0.5) is 0 Å². The second-order valence-corrected chi connectivity index (χ2v) is 7.78. The lowest BCUT2D eigenvalue weighted by atomic mass is 10.1. The van der Waals surface area contributed by atoms with Crippen molar-refractivity contribution in [1.82, 2.24) is 0 Å². The zero-order chi connectivity index (χ0) is 14.6. The van der Waals surface area contributed by atoms with Crippen molar-refractivity contribution in [2.24, 2.45) is 0 Å². The molecular weight excluding hydrogens is 324 g/mol. The van der Waals surface area contributed by atoms with E-state index in [9.17, 15) is 14.4 Å². The molecule has 0 saturated heterocycles. The van der Waals surface area contributed by atoms with Gasteiger partial charge >= 0.3 is 0 Å². The number of hydrogen-bond donors (Lipinski definition) is 0. The molecule has 4 aromatic rings. The van der Waals surface area contributed by atoms with E-state index < -0.39 is 0 Å². The van der Waals surface area contributed by atoms with Crippen molar-refractivity contribution in [2.75, 3.05) is 0 Å². The Labute approximate surface area is 130 Å². The van der Waals surface area contributed by atoms with Crippen LogP contribution in [0.5, 0.6) is 0 Å². The van der Waals surface area contributed by atoms with Gasteiger partial charge in [0.1, 0.15) is 0 Å². The van der Waals surface area contributed by atoms with Gasteiger partial charge in [0.05, 0.1) is 14.6 Å². The standard InChI is InChI=1S/C15H6O3S3/c16-4-7-1-10-13(19-7)11-3-9(6-18)21-15(11)12-2-8(5-17)20-14(10)12/h1-6H. The van der Waals surface area contributed by atoms with Crippen molar-refractivity contribution in [3.63, 3.8) is 0 Å². The molecule has 102 valence electrons. The molecule has 0 bridgehead atoms. The highest BCUT2D eigenvalue weighted by atomic mass is 32.1. The average molecular weight is 330 g/mol. The third-order valence-corrected chi connectivity index (χ3v) is 6.62. The maximum Gasteiger partial charge on any atom is 0.160 e. The summed E-state index contributed by atoms with van der Waals surface area (Å²) >= 11 is 4.27. The van der Waals surface area contributed by atoms with Crippen LogP contribution < -0.4 is 0 Å². The Hall–Kier alpha value is -1.89. The number of benzene rings is 1. The van der Waals surface area contributed by atoms with Crippen LogP contribution in [0.3, 0.4) is 0 Å². The molecule has 21 heavy (non-hydrogen) atoms. The molecule has 0 saturated carbocycles. The molecule has 0 atom stereocenters. The Morgan fingerprint density at radius 1 is 0.571 bits per heavy atom. The summed E-state index contributed by atoms with van der Waals surface area (Å²) in [6.07, 6.45) is 2.51. The number of carbonyl (C=O) groups is 3. The number of aldehydes is 3. The van der Waals surface area contributed by atoms with Crippen molar-refractivity contribution >= 4 is 83.1 Å². The lowest BCUT2D eigenvalue weighted by molar-refractivity contribution is 0.111. The number of hydrogen-bond acceptors (Lipinski definition) is 6. The Balaban J connectivity index is 2.32. The molecule has 1 aromatic carbocycles. The van der Waals surface area contributed by atoms with Crippen molar-refractivity contribution in [3.05, 3.63) is 32.8 Å². The Bertz CT molecular complexity index is 817. The molecule has 0 spiro atoms. The number of thiophene rings is 3. The zero-order valence-electron chi connectivity index (χ0n) is 10.4. The highest BCUT2D eigenvalue weighted by Crippen LogP contribution is 2.45. The fraction of sp³-hybridized carbons (Fsp3) is 0. The van der Waals surface area contributed by atoms with Gasteiger partial charge < -0.3 is 0 Å². The maximum atomic E-state index is 11.1. The first-order chi connectivity index (χ1) is 10.2. The van der Waals surface area contributed by atoms with E-state index in [2.05, 4.69) is 0 Å². The van der Waals surface area contributed by atoms with Crippen LogP contribution in [-0.2, 0) is 0 Å². The van der Waals surface area contributed by atoms with Gasteiger partial charge in [-0.1, -0.05) is 0 Å². The first kappa shape index (κ1) is 12.8. The summed E-state index contributed by atoms with van der Waals surface area (Å²) in [5.41, 5.74) is 0. The summed E-state index contributed by atoms with van der Waals surface area (Å²) in [6, 6.07) is 5.58. The molecule has 0 aliphatic heterocycles. The van der Waals surface area contributed by atoms with Gasteiger partial charge in [-0.3, -0.25) is 14.4 Å². The van der Waals surface area contributed by atoms with Crippen LogP contribution in [0, 0.1) is 0 Å². The molecule has 4 rings (SSSR count). The second-order valence-electron chi connectivity index (χ2n) is 4.53. The molecule has 0 N–H and O–H groups in total. The van der Waals surface area contributed by atoms with Gasteiger partial charge in [0, 0.05) is 30.3 Å². The smallest absolute Gasteiger partial charge is 0.160 e. The van der Waals surface area contributed by atoms with Gasteiger partial charge in [-0.05, 0) is 18.2 Å². The second kappa shape index (κ2) is 4.56. The van der Waals surface area contributed by atoms with Crippen molar-refractivity contribution in [2.45, 2.75) is 0 Å². The van der Waals surface area contributed by atoms with E-state index in [0.717, 1.165) is 49.1 Å². The topological polar surface area (TPSA) is 51.2 Å². The summed E-state index contributed by atoms with van der Waals surface area (Å²) in [4.78, 5) is 35.2. The van der Waals surface area contributed by atoms with Gasteiger partial charge in [0.15, 0.2) is 18.9 Å². The lowest BCUT2D eigenvalue weighted by Crippen LogP contribution is -1.68. The molecule has 0 aliphatic rings. The summed E-state index contributed by atoms with van der Waals surface area (Å²) in [7, 11) is 0. The van der Waals surface area contributed by atoms with E-state index in [1.165, 1.54) is 34.0 Å². The van der Waals surface area contributed by atoms with E-state index in [1.807, 2.05) is 18.2 Å². The summed E-state index contributed by atoms with van der Waals surface area (Å²) < 4.78 is 3.01. The third-order valence-electron chi connectivity index (χ3n) is 3.34. The molecule has 3 nitrogen and oxygen atoms in total. The van der Waals surface area contributed by atoms with E-state index in [0.29, 0.717) is 14.6 Å². The lowest BCUT2D eigenvalue weighted by Gasteiger charge is -1.96. The first-order valence-corrected chi connectivity index (χ1v) is 8.48. The van der Waals surface area contributed by atoms with Gasteiger partial charge in [0.25, 0.3) is 0 Å². The molecule has 0 fully saturated rings. The van der Waals surface area contributed by atoms with Crippen LogP contribution in [0.15, 0.2) is 18.2 Å². The van der Waals surface area contributed by atoms with E-state index >= 15 is 0 Å². The molecule has 0 aliphatic carbocycles. The van der Waals surface area contributed by atoms with Gasteiger partial charge in [-0.2, -0.15) is 0 Å². The Morgan fingerprint density at radius 3 is 1.10 bits per heavy atom. The molecule has 0 radical (unpaired) electrons. The number of carbonyl (C=O) groups excluding carboxylic acids is 3. The fourth-order valence-corrected chi connectivity index (χ4v) is 5.71. The van der Waals surface area contributed by atoms with E-state index in [4.69, 9.17) is 0 Å². The third kappa shape index (κ3) is 1.73. The van der Waals surface area contributed by atoms with Crippen LogP contribution in [-0.4, -0.2) is 18.9 Å². The minimum absolute atomic E-state index is 0.652. The molecule has 0 unspecified atom stereocenters. The molecule has 6 heteroatoms. The SMILES string of the molecule is O=Cc1cc2c(s1)c1cc(C=O)sc1c1cc(C=O)sc21. The van der Waals surface area contributed by atoms with Crippen LogP contribution in [0.1, 0.15) is 29.0 Å². The number of rotatable bonds is 3. The van der Waals surface area contributed by atoms with Crippen LogP contribution >= 0.6 is 34.0 Å². The summed E-state index contributed by atoms with van der Waals surface area (Å²) in [6.45, 7) is 0. The zero-order valence-corrected chi connectivity index (χ0v) is 12.9. The fourth-order valence-electron chi connectivity index (χ4n) is 2.51. The van der Waals surface area contributed by atoms with E-state index in [1.54, 1.807) is 0 Å². The van der Waals surface area contributed by atoms with Crippen molar-refractivity contribution in [1.29, 1.82) is 0 Å². The quantitative estimate of drug-likeness (QED) is 0.509. The Morgan fingerprint density at radius 2 is 0.857 bits per heavy atom. The molecular formula is C15H6O3S3. The molecule has 3 aromatic heterocycles. The van der Waals surface area contributed by atoms with Crippen molar-refractivity contribution in [3.8, 4) is 0 Å². The predicted molar refractivity (Wildman–Crippen MR) is 88.8 cm³/mol. The van der Waals surface area contributed by atoms with Gasteiger partial charge in [-0.25, -0.2) is 0 Å². The first-order valence-electron chi connectivity index (χ1n) is 6.03. The monoisotopic (exact) mass is 330 g/mol. The summed E-state index contributed by atoms with van der Waals surface area (Å²) in [5.74, 6) is 0. The number of fused-ring (bicyclic) bond motifs is 6. The maximum absolute atomic E-state index is 11.1. The normalized spacial score (nSPS) is 11.4. The van der Waals surface area contributed by atoms with Gasteiger partial charge in [-0.15, -0.1) is 34.0 Å². The minimum Gasteiger partial charge on any atom is -0.297 e. The minimum atomic E-state index is 0.652. The Kier molecular flexibility index (Phi) is 2.78. The summed E-state index contributed by atoms with van der Waals surface area (Å²) in [5, 5.41) is 2.95. The highest BCUT2D eigenvalue weighted by Gasteiger charge is 2.17. The highest BCUT2D eigenvalue weighted by molar-refractivity contribution is 7.28. The van der Waals surface area contributed by atoms with E-state index in [-0.39, 0.29) is 0 Å². The average Bonchev–Trinajstić information content (AvgIpc) is 3.20. The molecule has 3 heterocycles. The van der Waals surface area contributed by atoms with Gasteiger partial charge in [0.2, 0.25) is 0 Å². The molecule has 0 amide bonds. The van der Waals surface area contributed by atoms with Crippen LogP contribution in [0.2, 0.25) is 0 Å². The van der Waals surface area contributed by atoms with Crippen LogP contribution in [0.25, 0.3) is 30.3 Å².